The minimum atomic E-state index is -0.300. The number of aromatic nitrogens is 1. The van der Waals surface area contributed by atoms with Crippen LogP contribution < -0.4 is 10.9 Å². The largest absolute Gasteiger partial charge is 0.396 e. The molecule has 0 bridgehead atoms. The van der Waals surface area contributed by atoms with E-state index in [4.69, 9.17) is 5.11 Å². The lowest BCUT2D eigenvalue weighted by Crippen LogP contribution is -2.27. The van der Waals surface area contributed by atoms with Gasteiger partial charge < -0.3 is 15.4 Å². The number of nitrogens with one attached hydrogen (secondary N) is 2. The number of H-pyrrole nitrogens is 1. The Labute approximate surface area is 87.1 Å². The Morgan fingerprint density at radius 3 is 2.87 bits per heavy atom. The molecule has 1 aromatic heterocycles. The molecular weight excluding hydrogens is 196 g/mol. The van der Waals surface area contributed by atoms with Crippen LogP contribution in [0, 0.1) is 0 Å². The molecule has 1 heterocycles. The first-order chi connectivity index (χ1) is 7.24. The maximum Gasteiger partial charge on any atom is 0.267 e. The number of carbonyl (C=O) groups is 1. The van der Waals surface area contributed by atoms with E-state index in [1.54, 1.807) is 6.07 Å². The number of aromatic amines is 1. The van der Waals surface area contributed by atoms with E-state index in [0.29, 0.717) is 13.0 Å². The van der Waals surface area contributed by atoms with Crippen molar-refractivity contribution in [3.63, 3.8) is 0 Å². The summed E-state index contributed by atoms with van der Waals surface area (Å²) >= 11 is 0. The van der Waals surface area contributed by atoms with Gasteiger partial charge in [-0.25, -0.2) is 0 Å². The van der Waals surface area contributed by atoms with Crippen molar-refractivity contribution in [3.8, 4) is 0 Å². The first-order valence-corrected chi connectivity index (χ1v) is 4.82. The van der Waals surface area contributed by atoms with Crippen LogP contribution in [0.3, 0.4) is 0 Å². The van der Waals surface area contributed by atoms with Gasteiger partial charge in [0.2, 0.25) is 5.56 Å². The van der Waals surface area contributed by atoms with Crippen molar-refractivity contribution >= 4 is 5.91 Å². The lowest BCUT2D eigenvalue weighted by atomic mass is 10.3. The molecule has 1 rings (SSSR count). The molecule has 1 aromatic rings. The first-order valence-electron chi connectivity index (χ1n) is 4.82. The van der Waals surface area contributed by atoms with Gasteiger partial charge in [0.25, 0.3) is 5.91 Å². The number of carbonyl (C=O) groups excluding carboxylic acids is 1. The minimum absolute atomic E-state index is 0.123. The second-order valence-electron chi connectivity index (χ2n) is 3.12. The summed E-state index contributed by atoms with van der Waals surface area (Å²) in [5.41, 5.74) is -0.0375. The van der Waals surface area contributed by atoms with Crippen LogP contribution in [-0.2, 0) is 0 Å². The molecule has 0 saturated heterocycles. The fraction of sp³-hybridized carbons (Fsp3) is 0.400. The van der Waals surface area contributed by atoms with Crippen LogP contribution in [0.2, 0.25) is 0 Å². The number of hydrogen-bond acceptors (Lipinski definition) is 3. The van der Waals surface area contributed by atoms with Crippen LogP contribution in [0.4, 0.5) is 0 Å². The molecule has 0 aliphatic carbocycles. The maximum absolute atomic E-state index is 11.4. The standard InChI is InChI=1S/C10H14N2O3/c13-7-2-1-6-11-10(15)8-4-3-5-9(14)12-8/h3-5,13H,1-2,6-7H2,(H,11,15)(H,12,14). The molecule has 0 aliphatic heterocycles. The van der Waals surface area contributed by atoms with Crippen LogP contribution in [-0.4, -0.2) is 29.1 Å². The van der Waals surface area contributed by atoms with E-state index in [-0.39, 0.29) is 23.8 Å². The lowest BCUT2D eigenvalue weighted by Gasteiger charge is -2.03. The molecule has 0 spiro atoms. The molecule has 0 radical (unpaired) electrons. The van der Waals surface area contributed by atoms with Gasteiger partial charge in [0.1, 0.15) is 5.69 Å². The fourth-order valence-corrected chi connectivity index (χ4v) is 1.11. The van der Waals surface area contributed by atoms with E-state index in [1.807, 2.05) is 0 Å². The summed E-state index contributed by atoms with van der Waals surface area (Å²) in [5.74, 6) is -0.300. The van der Waals surface area contributed by atoms with Gasteiger partial charge in [-0.3, -0.25) is 9.59 Å². The quantitative estimate of drug-likeness (QED) is 0.592. The van der Waals surface area contributed by atoms with Gasteiger partial charge in [-0.1, -0.05) is 6.07 Å². The summed E-state index contributed by atoms with van der Waals surface area (Å²) in [4.78, 5) is 24.7. The Morgan fingerprint density at radius 2 is 2.20 bits per heavy atom. The molecule has 0 saturated carbocycles. The van der Waals surface area contributed by atoms with Gasteiger partial charge in [-0.15, -0.1) is 0 Å². The lowest BCUT2D eigenvalue weighted by molar-refractivity contribution is 0.0947. The van der Waals surface area contributed by atoms with Crippen molar-refractivity contribution in [2.24, 2.45) is 0 Å². The third kappa shape index (κ3) is 3.95. The van der Waals surface area contributed by atoms with Gasteiger partial charge >= 0.3 is 0 Å². The zero-order valence-corrected chi connectivity index (χ0v) is 8.32. The summed E-state index contributed by atoms with van der Waals surface area (Å²) in [5, 5.41) is 11.2. The molecule has 0 aromatic carbocycles. The zero-order chi connectivity index (χ0) is 11.1. The Balaban J connectivity index is 2.44. The molecule has 0 unspecified atom stereocenters. The summed E-state index contributed by atoms with van der Waals surface area (Å²) in [7, 11) is 0. The van der Waals surface area contributed by atoms with E-state index >= 15 is 0 Å². The summed E-state index contributed by atoms with van der Waals surface area (Å²) in [6.45, 7) is 0.619. The van der Waals surface area contributed by atoms with Crippen molar-refractivity contribution in [2.45, 2.75) is 12.8 Å². The minimum Gasteiger partial charge on any atom is -0.396 e. The molecule has 1 amide bonds. The van der Waals surface area contributed by atoms with Gasteiger partial charge in [-0.2, -0.15) is 0 Å². The Hall–Kier alpha value is -1.62. The predicted molar refractivity (Wildman–Crippen MR) is 55.7 cm³/mol. The Bertz CT molecular complexity index is 373. The van der Waals surface area contributed by atoms with Crippen molar-refractivity contribution in [1.29, 1.82) is 0 Å². The fourth-order valence-electron chi connectivity index (χ4n) is 1.11. The van der Waals surface area contributed by atoms with E-state index in [0.717, 1.165) is 6.42 Å². The molecule has 3 N–H and O–H groups in total. The number of pyridine rings is 1. The third-order valence-electron chi connectivity index (χ3n) is 1.88. The van der Waals surface area contributed by atoms with Gasteiger partial charge in [0, 0.05) is 19.2 Å². The van der Waals surface area contributed by atoms with Crippen LogP contribution in [0.5, 0.6) is 0 Å². The Kier molecular flexibility index (Phi) is 4.56. The molecule has 5 heteroatoms. The monoisotopic (exact) mass is 210 g/mol. The molecule has 0 fully saturated rings. The van der Waals surface area contributed by atoms with Gasteiger partial charge in [0.15, 0.2) is 0 Å². The average Bonchev–Trinajstić information content (AvgIpc) is 2.24. The highest BCUT2D eigenvalue weighted by Gasteiger charge is 2.04. The highest BCUT2D eigenvalue weighted by Crippen LogP contribution is 1.91. The maximum atomic E-state index is 11.4. The van der Waals surface area contributed by atoms with Crippen LogP contribution in [0.25, 0.3) is 0 Å². The number of aliphatic hydroxyl groups excluding tert-OH is 1. The molecule has 82 valence electrons. The first kappa shape index (κ1) is 11.5. The summed E-state index contributed by atoms with van der Waals surface area (Å²) in [6, 6.07) is 4.42. The molecule has 0 aliphatic rings. The summed E-state index contributed by atoms with van der Waals surface area (Å²) < 4.78 is 0. The number of aliphatic hydroxyl groups is 1. The van der Waals surface area contributed by atoms with Gasteiger partial charge in [0.05, 0.1) is 0 Å². The SMILES string of the molecule is O=C(NCCCCO)c1cccc(=O)[nH]1. The third-order valence-corrected chi connectivity index (χ3v) is 1.88. The molecule has 5 nitrogen and oxygen atoms in total. The average molecular weight is 210 g/mol. The summed E-state index contributed by atoms with van der Waals surface area (Å²) in [6.07, 6.45) is 1.38. The van der Waals surface area contributed by atoms with Gasteiger partial charge in [-0.05, 0) is 18.9 Å². The van der Waals surface area contributed by atoms with E-state index < -0.39 is 0 Å². The molecule has 15 heavy (non-hydrogen) atoms. The smallest absolute Gasteiger partial charge is 0.267 e. The van der Waals surface area contributed by atoms with Crippen LogP contribution in [0.1, 0.15) is 23.3 Å². The zero-order valence-electron chi connectivity index (χ0n) is 8.32. The second-order valence-corrected chi connectivity index (χ2v) is 3.12. The van der Waals surface area contributed by atoms with E-state index in [9.17, 15) is 9.59 Å². The van der Waals surface area contributed by atoms with Crippen molar-refractivity contribution in [1.82, 2.24) is 10.3 Å². The molecular formula is C10H14N2O3. The Morgan fingerprint density at radius 1 is 1.40 bits per heavy atom. The van der Waals surface area contributed by atoms with Crippen molar-refractivity contribution in [2.75, 3.05) is 13.2 Å². The highest BCUT2D eigenvalue weighted by atomic mass is 16.3. The van der Waals surface area contributed by atoms with E-state index in [1.165, 1.54) is 12.1 Å². The van der Waals surface area contributed by atoms with Crippen molar-refractivity contribution < 1.29 is 9.90 Å². The van der Waals surface area contributed by atoms with E-state index in [2.05, 4.69) is 10.3 Å². The number of rotatable bonds is 5. The number of amides is 1. The predicted octanol–water partition coefficient (Wildman–Crippen LogP) is -0.123. The van der Waals surface area contributed by atoms with Crippen LogP contribution >= 0.6 is 0 Å². The van der Waals surface area contributed by atoms with Crippen LogP contribution in [0.15, 0.2) is 23.0 Å². The molecule has 0 atom stereocenters. The number of unbranched alkanes of at least 4 members (excludes halogenated alkanes) is 1. The normalized spacial score (nSPS) is 9.93. The van der Waals surface area contributed by atoms with Crippen molar-refractivity contribution in [3.05, 3.63) is 34.2 Å². The number of hydrogen-bond donors (Lipinski definition) is 3. The highest BCUT2D eigenvalue weighted by molar-refractivity contribution is 5.92. The second kappa shape index (κ2) is 5.98. The topological polar surface area (TPSA) is 82.2 Å².